The molecule has 8 nitrogen and oxygen atoms in total. The minimum absolute atomic E-state index is 0.00861. The van der Waals surface area contributed by atoms with Crippen LogP contribution >= 0.6 is 24.0 Å². The molecule has 1 fully saturated rings. The van der Waals surface area contributed by atoms with Crippen molar-refractivity contribution in [1.29, 1.82) is 0 Å². The molecule has 0 atom stereocenters. The Morgan fingerprint density at radius 3 is 2.69 bits per heavy atom. The van der Waals surface area contributed by atoms with Crippen molar-refractivity contribution < 1.29 is 24.6 Å². The number of nitrogens with zero attached hydrogens (tertiary/aromatic N) is 2. The van der Waals surface area contributed by atoms with E-state index >= 15 is 0 Å². The lowest BCUT2D eigenvalue weighted by Crippen LogP contribution is -2.31. The quantitative estimate of drug-likeness (QED) is 0.476. The zero-order valence-electron chi connectivity index (χ0n) is 15.3. The largest absolute Gasteiger partial charge is 0.507 e. The number of nitrogens with one attached hydrogen (secondary N) is 1. The third-order valence-electron chi connectivity index (χ3n) is 4.21. The van der Waals surface area contributed by atoms with Gasteiger partial charge >= 0.3 is 5.97 Å². The van der Waals surface area contributed by atoms with E-state index in [1.54, 1.807) is 6.08 Å². The van der Waals surface area contributed by atoms with E-state index in [4.69, 9.17) is 17.3 Å². The van der Waals surface area contributed by atoms with Crippen molar-refractivity contribution in [2.24, 2.45) is 7.05 Å². The zero-order chi connectivity index (χ0) is 21.1. The molecule has 0 aliphatic carbocycles. The number of amides is 2. The number of aryl methyl sites for hydroxylation is 1. The molecule has 3 rings (SSSR count). The second kappa shape index (κ2) is 8.50. The van der Waals surface area contributed by atoms with Crippen molar-refractivity contribution in [2.75, 3.05) is 11.9 Å². The lowest BCUT2D eigenvalue weighted by atomic mass is 10.2. The van der Waals surface area contributed by atoms with Gasteiger partial charge in [-0.3, -0.25) is 14.5 Å². The Morgan fingerprint density at radius 1 is 1.31 bits per heavy atom. The van der Waals surface area contributed by atoms with Crippen LogP contribution in [0.25, 0.3) is 6.08 Å². The zero-order valence-corrected chi connectivity index (χ0v) is 16.9. The van der Waals surface area contributed by atoms with E-state index in [1.807, 2.05) is 29.9 Å². The second-order valence-corrected chi connectivity index (χ2v) is 7.89. The molecular formula is C19H17N3O5S2. The van der Waals surface area contributed by atoms with Crippen LogP contribution in [-0.4, -0.2) is 48.3 Å². The Labute approximate surface area is 175 Å². The number of hydrogen-bond acceptors (Lipinski definition) is 6. The van der Waals surface area contributed by atoms with Gasteiger partial charge in [-0.2, -0.15) is 0 Å². The lowest BCUT2D eigenvalue weighted by molar-refractivity contribution is -0.122. The van der Waals surface area contributed by atoms with Gasteiger partial charge in [0.05, 0.1) is 4.91 Å². The Morgan fingerprint density at radius 2 is 2.07 bits per heavy atom. The van der Waals surface area contributed by atoms with Crippen LogP contribution < -0.4 is 5.32 Å². The molecule has 1 saturated heterocycles. The van der Waals surface area contributed by atoms with Crippen LogP contribution in [0.4, 0.5) is 5.69 Å². The lowest BCUT2D eigenvalue weighted by Gasteiger charge is -2.14. The number of aromatic carboxylic acids is 1. The third kappa shape index (κ3) is 4.66. The van der Waals surface area contributed by atoms with E-state index in [0.717, 1.165) is 11.8 Å². The van der Waals surface area contributed by atoms with Crippen LogP contribution in [0.3, 0.4) is 0 Å². The molecule has 150 valence electrons. The van der Waals surface area contributed by atoms with Gasteiger partial charge in [-0.25, -0.2) is 4.79 Å². The summed E-state index contributed by atoms with van der Waals surface area (Å²) in [6.45, 7) is 0.111. The average molecular weight is 431 g/mol. The van der Waals surface area contributed by atoms with Gasteiger partial charge in [0, 0.05) is 43.7 Å². The number of carbonyl (C=O) groups is 3. The molecule has 2 amide bonds. The highest BCUT2D eigenvalue weighted by Gasteiger charge is 2.32. The number of thioether (sulfide) groups is 1. The second-order valence-electron chi connectivity index (χ2n) is 6.21. The molecular weight excluding hydrogens is 414 g/mol. The molecule has 3 N–H and O–H groups in total. The maximum atomic E-state index is 12.6. The summed E-state index contributed by atoms with van der Waals surface area (Å²) in [5.74, 6) is -2.36. The number of carbonyl (C=O) groups excluding carboxylic acids is 2. The van der Waals surface area contributed by atoms with Gasteiger partial charge in [0.1, 0.15) is 15.6 Å². The summed E-state index contributed by atoms with van der Waals surface area (Å²) < 4.78 is 2.26. The summed E-state index contributed by atoms with van der Waals surface area (Å²) in [7, 11) is 1.87. The Balaban J connectivity index is 1.60. The van der Waals surface area contributed by atoms with E-state index < -0.39 is 17.6 Å². The van der Waals surface area contributed by atoms with E-state index in [-0.39, 0.29) is 30.1 Å². The van der Waals surface area contributed by atoms with Crippen molar-refractivity contribution in [1.82, 2.24) is 9.47 Å². The number of carboxylic acid groups (broad SMARTS) is 1. The van der Waals surface area contributed by atoms with Crippen molar-refractivity contribution in [2.45, 2.75) is 6.42 Å². The van der Waals surface area contributed by atoms with Crippen molar-refractivity contribution in [3.8, 4) is 5.75 Å². The Hall–Kier alpha value is -3.11. The van der Waals surface area contributed by atoms with Gasteiger partial charge in [-0.05, 0) is 30.3 Å². The van der Waals surface area contributed by atoms with E-state index in [1.165, 1.54) is 28.8 Å². The van der Waals surface area contributed by atoms with Gasteiger partial charge in [-0.1, -0.05) is 24.0 Å². The monoisotopic (exact) mass is 431 g/mol. The number of hydrogen-bond donors (Lipinski definition) is 3. The Kier molecular flexibility index (Phi) is 6.04. The fraction of sp³-hybridized carbons (Fsp3) is 0.158. The predicted octanol–water partition coefficient (Wildman–Crippen LogP) is 2.66. The topological polar surface area (TPSA) is 112 Å². The van der Waals surface area contributed by atoms with E-state index in [0.29, 0.717) is 9.23 Å². The molecule has 1 aliphatic rings. The first kappa shape index (κ1) is 20.6. The number of carboxylic acids is 1. The van der Waals surface area contributed by atoms with E-state index in [9.17, 15) is 19.5 Å². The standard InChI is InChI=1S/C19H17N3O5S2/c1-21-7-2-3-12(21)10-15-17(25)22(19(28)29-15)8-6-16(24)20-11-4-5-13(18(26)27)14(23)9-11/h2-5,7,9-10,23H,6,8H2,1H3,(H,20,24)(H,26,27). The summed E-state index contributed by atoms with van der Waals surface area (Å²) >= 11 is 6.45. The van der Waals surface area contributed by atoms with Crippen LogP contribution in [-0.2, 0) is 16.6 Å². The number of benzene rings is 1. The number of aromatic nitrogens is 1. The van der Waals surface area contributed by atoms with E-state index in [2.05, 4.69) is 5.32 Å². The number of anilines is 1. The number of phenols is 1. The SMILES string of the molecule is Cn1cccc1C=C1SC(=S)N(CCC(=O)Nc2ccc(C(=O)O)c(O)c2)C1=O. The van der Waals surface area contributed by atoms with Crippen LogP contribution in [0.1, 0.15) is 22.5 Å². The maximum Gasteiger partial charge on any atom is 0.339 e. The minimum atomic E-state index is -1.27. The highest BCUT2D eigenvalue weighted by Crippen LogP contribution is 2.32. The van der Waals surface area contributed by atoms with Gasteiger partial charge < -0.3 is 20.1 Å². The number of thiocarbonyl (C=S) groups is 1. The van der Waals surface area contributed by atoms with Gasteiger partial charge in [0.15, 0.2) is 0 Å². The fourth-order valence-electron chi connectivity index (χ4n) is 2.68. The predicted molar refractivity (Wildman–Crippen MR) is 114 cm³/mol. The molecule has 0 radical (unpaired) electrons. The summed E-state index contributed by atoms with van der Waals surface area (Å²) in [5, 5.41) is 21.2. The highest BCUT2D eigenvalue weighted by atomic mass is 32.2. The third-order valence-corrected chi connectivity index (χ3v) is 5.59. The molecule has 0 unspecified atom stereocenters. The smallest absolute Gasteiger partial charge is 0.339 e. The van der Waals surface area contributed by atoms with Gasteiger partial charge in [0.25, 0.3) is 5.91 Å². The normalized spacial score (nSPS) is 15.2. The maximum absolute atomic E-state index is 12.6. The summed E-state index contributed by atoms with van der Waals surface area (Å²) in [5.41, 5.74) is 0.866. The van der Waals surface area contributed by atoms with Crippen molar-refractivity contribution >= 4 is 57.8 Å². The average Bonchev–Trinajstić information content (AvgIpc) is 3.16. The van der Waals surface area contributed by atoms with Crippen LogP contribution in [0.2, 0.25) is 0 Å². The van der Waals surface area contributed by atoms with Gasteiger partial charge in [-0.15, -0.1) is 0 Å². The van der Waals surface area contributed by atoms with Gasteiger partial charge in [0.2, 0.25) is 5.91 Å². The molecule has 2 aromatic rings. The fourth-order valence-corrected chi connectivity index (χ4v) is 3.97. The molecule has 0 saturated carbocycles. The number of rotatable bonds is 6. The van der Waals surface area contributed by atoms with Crippen LogP contribution in [0.15, 0.2) is 41.4 Å². The summed E-state index contributed by atoms with van der Waals surface area (Å²) in [6, 6.07) is 7.49. The molecule has 2 heterocycles. The minimum Gasteiger partial charge on any atom is -0.507 e. The first-order valence-corrected chi connectivity index (χ1v) is 9.71. The molecule has 0 bridgehead atoms. The Bertz CT molecular complexity index is 1040. The first-order chi connectivity index (χ1) is 13.8. The van der Waals surface area contributed by atoms with Crippen molar-refractivity contribution in [3.63, 3.8) is 0 Å². The summed E-state index contributed by atoms with van der Waals surface area (Å²) in [4.78, 5) is 37.5. The number of aromatic hydroxyl groups is 1. The molecule has 1 aliphatic heterocycles. The first-order valence-electron chi connectivity index (χ1n) is 8.49. The van der Waals surface area contributed by atoms with Crippen LogP contribution in [0, 0.1) is 0 Å². The molecule has 0 spiro atoms. The molecule has 10 heteroatoms. The highest BCUT2D eigenvalue weighted by molar-refractivity contribution is 8.26. The van der Waals surface area contributed by atoms with Crippen molar-refractivity contribution in [3.05, 3.63) is 52.7 Å². The van der Waals surface area contributed by atoms with Crippen LogP contribution in [0.5, 0.6) is 5.75 Å². The molecule has 1 aromatic heterocycles. The molecule has 29 heavy (non-hydrogen) atoms. The summed E-state index contributed by atoms with van der Waals surface area (Å²) in [6.07, 6.45) is 3.62. The molecule has 1 aromatic carbocycles.